The monoisotopic (exact) mass is 327 g/mol. The number of carbonyl (C=O) groups is 2. The van der Waals surface area contributed by atoms with Gasteiger partial charge in [-0.25, -0.2) is 4.39 Å². The number of pyridine rings is 1. The van der Waals surface area contributed by atoms with E-state index in [1.54, 1.807) is 46.5 Å². The number of benzene rings is 1. The van der Waals surface area contributed by atoms with Crippen LogP contribution in [-0.4, -0.2) is 52.8 Å². The van der Waals surface area contributed by atoms with Crippen LogP contribution >= 0.6 is 0 Å². The summed E-state index contributed by atoms with van der Waals surface area (Å²) in [5, 5.41) is 0. The minimum atomic E-state index is -0.341. The lowest BCUT2D eigenvalue weighted by Gasteiger charge is -2.34. The van der Waals surface area contributed by atoms with Gasteiger partial charge in [0.05, 0.1) is 12.0 Å². The molecule has 1 aromatic heterocycles. The summed E-state index contributed by atoms with van der Waals surface area (Å²) in [6.45, 7) is 1.95. The summed E-state index contributed by atoms with van der Waals surface area (Å²) in [7, 11) is 0. The minimum Gasteiger partial charge on any atom is -0.339 e. The number of carbonyl (C=O) groups excluding carboxylic acids is 2. The van der Waals surface area contributed by atoms with Gasteiger partial charge in [0.2, 0.25) is 5.91 Å². The molecule has 1 aliphatic heterocycles. The average Bonchev–Trinajstić information content (AvgIpc) is 2.62. The molecule has 0 unspecified atom stereocenters. The molecule has 124 valence electrons. The van der Waals surface area contributed by atoms with Gasteiger partial charge in [-0.15, -0.1) is 0 Å². The maximum absolute atomic E-state index is 13.2. The van der Waals surface area contributed by atoms with Gasteiger partial charge >= 0.3 is 0 Å². The van der Waals surface area contributed by atoms with E-state index in [0.717, 1.165) is 0 Å². The Kier molecular flexibility index (Phi) is 4.84. The number of halogens is 1. The van der Waals surface area contributed by atoms with Gasteiger partial charge in [-0.1, -0.05) is 12.1 Å². The van der Waals surface area contributed by atoms with Crippen LogP contribution in [0.15, 0.2) is 48.8 Å². The van der Waals surface area contributed by atoms with Crippen molar-refractivity contribution < 1.29 is 14.0 Å². The van der Waals surface area contributed by atoms with E-state index in [1.165, 1.54) is 12.1 Å². The number of rotatable bonds is 3. The topological polar surface area (TPSA) is 53.5 Å². The van der Waals surface area contributed by atoms with Crippen molar-refractivity contribution >= 4 is 11.8 Å². The van der Waals surface area contributed by atoms with E-state index in [4.69, 9.17) is 0 Å². The summed E-state index contributed by atoms with van der Waals surface area (Å²) in [4.78, 5) is 32.1. The van der Waals surface area contributed by atoms with Gasteiger partial charge in [-0.2, -0.15) is 0 Å². The standard InChI is InChI=1S/C18H18FN3O2/c19-16-5-1-3-14(11-16)12-17(23)21-7-9-22(10-8-21)18(24)15-4-2-6-20-13-15/h1-6,11,13H,7-10,12H2. The molecule has 1 fully saturated rings. The number of nitrogens with zero attached hydrogens (tertiary/aromatic N) is 3. The number of hydrogen-bond acceptors (Lipinski definition) is 3. The molecule has 1 aromatic carbocycles. The van der Waals surface area contributed by atoms with Crippen molar-refractivity contribution in [3.8, 4) is 0 Å². The van der Waals surface area contributed by atoms with Crippen molar-refractivity contribution in [3.05, 3.63) is 65.7 Å². The molecule has 0 aliphatic carbocycles. The molecule has 6 heteroatoms. The summed E-state index contributed by atoms with van der Waals surface area (Å²) >= 11 is 0. The van der Waals surface area contributed by atoms with E-state index >= 15 is 0 Å². The van der Waals surface area contributed by atoms with Crippen molar-refractivity contribution in [2.75, 3.05) is 26.2 Å². The number of amides is 2. The number of aromatic nitrogens is 1. The van der Waals surface area contributed by atoms with Crippen LogP contribution in [0.5, 0.6) is 0 Å². The van der Waals surface area contributed by atoms with Crippen molar-refractivity contribution in [1.82, 2.24) is 14.8 Å². The largest absolute Gasteiger partial charge is 0.339 e. The van der Waals surface area contributed by atoms with Gasteiger partial charge in [0.25, 0.3) is 5.91 Å². The number of hydrogen-bond donors (Lipinski definition) is 0. The lowest BCUT2D eigenvalue weighted by atomic mass is 10.1. The van der Waals surface area contributed by atoms with Gasteiger partial charge in [-0.3, -0.25) is 14.6 Å². The SMILES string of the molecule is O=C(Cc1cccc(F)c1)N1CCN(C(=O)c2cccnc2)CC1. The Morgan fingerprint density at radius 2 is 1.79 bits per heavy atom. The van der Waals surface area contributed by atoms with Crippen molar-refractivity contribution in [2.24, 2.45) is 0 Å². The summed E-state index contributed by atoms with van der Waals surface area (Å²) in [6.07, 6.45) is 3.35. The zero-order valence-electron chi connectivity index (χ0n) is 13.2. The number of piperazine rings is 1. The Morgan fingerprint density at radius 3 is 2.46 bits per heavy atom. The fourth-order valence-electron chi connectivity index (χ4n) is 2.76. The third-order valence-electron chi connectivity index (χ3n) is 4.07. The van der Waals surface area contributed by atoms with Gasteiger partial charge in [0.1, 0.15) is 5.82 Å². The van der Waals surface area contributed by atoms with E-state index in [-0.39, 0.29) is 24.1 Å². The molecule has 0 atom stereocenters. The van der Waals surface area contributed by atoms with E-state index in [9.17, 15) is 14.0 Å². The molecular weight excluding hydrogens is 309 g/mol. The molecule has 0 saturated carbocycles. The zero-order chi connectivity index (χ0) is 16.9. The van der Waals surface area contributed by atoms with E-state index in [0.29, 0.717) is 37.3 Å². The summed E-state index contributed by atoms with van der Waals surface area (Å²) < 4.78 is 13.2. The van der Waals surface area contributed by atoms with Crippen LogP contribution < -0.4 is 0 Å². The molecule has 2 aromatic rings. The minimum absolute atomic E-state index is 0.0472. The Labute approximate surface area is 139 Å². The third kappa shape index (κ3) is 3.76. The van der Waals surface area contributed by atoms with E-state index in [1.807, 2.05) is 0 Å². The molecule has 0 spiro atoms. The molecule has 0 bridgehead atoms. The first-order valence-corrected chi connectivity index (χ1v) is 7.85. The van der Waals surface area contributed by atoms with E-state index < -0.39 is 0 Å². The highest BCUT2D eigenvalue weighted by Gasteiger charge is 2.24. The highest BCUT2D eigenvalue weighted by Crippen LogP contribution is 2.11. The molecule has 1 aliphatic rings. The second kappa shape index (κ2) is 7.21. The van der Waals surface area contributed by atoms with Crippen molar-refractivity contribution in [2.45, 2.75) is 6.42 Å². The highest BCUT2D eigenvalue weighted by molar-refractivity contribution is 5.94. The molecule has 24 heavy (non-hydrogen) atoms. The van der Waals surface area contributed by atoms with Crippen molar-refractivity contribution in [3.63, 3.8) is 0 Å². The van der Waals surface area contributed by atoms with Crippen LogP contribution in [0.1, 0.15) is 15.9 Å². The molecule has 0 N–H and O–H groups in total. The first-order valence-electron chi connectivity index (χ1n) is 7.85. The first-order chi connectivity index (χ1) is 11.6. The predicted molar refractivity (Wildman–Crippen MR) is 86.8 cm³/mol. The van der Waals surface area contributed by atoms with Crippen LogP contribution in [0.4, 0.5) is 4.39 Å². The molecular formula is C18H18FN3O2. The third-order valence-corrected chi connectivity index (χ3v) is 4.07. The Morgan fingerprint density at radius 1 is 1.04 bits per heavy atom. The molecule has 3 rings (SSSR count). The van der Waals surface area contributed by atoms with Gasteiger partial charge in [0.15, 0.2) is 0 Å². The average molecular weight is 327 g/mol. The van der Waals surface area contributed by atoms with E-state index in [2.05, 4.69) is 4.98 Å². The summed E-state index contributed by atoms with van der Waals surface area (Å²) in [6, 6.07) is 9.53. The quantitative estimate of drug-likeness (QED) is 0.863. The normalized spacial score (nSPS) is 14.5. The summed E-state index contributed by atoms with van der Waals surface area (Å²) in [5.41, 5.74) is 1.21. The van der Waals surface area contributed by atoms with Gasteiger partial charge in [-0.05, 0) is 29.8 Å². The maximum atomic E-state index is 13.2. The highest BCUT2D eigenvalue weighted by atomic mass is 19.1. The molecule has 0 radical (unpaired) electrons. The Hall–Kier alpha value is -2.76. The second-order valence-electron chi connectivity index (χ2n) is 5.72. The molecule has 5 nitrogen and oxygen atoms in total. The van der Waals surface area contributed by atoms with Crippen LogP contribution in [-0.2, 0) is 11.2 Å². The van der Waals surface area contributed by atoms with Crippen LogP contribution in [0.25, 0.3) is 0 Å². The Balaban J connectivity index is 1.55. The van der Waals surface area contributed by atoms with Crippen molar-refractivity contribution in [1.29, 1.82) is 0 Å². The fraction of sp³-hybridized carbons (Fsp3) is 0.278. The first kappa shape index (κ1) is 16.1. The van der Waals surface area contributed by atoms with Crippen LogP contribution in [0.2, 0.25) is 0 Å². The van der Waals surface area contributed by atoms with Gasteiger partial charge in [0, 0.05) is 38.6 Å². The van der Waals surface area contributed by atoms with Crippen LogP contribution in [0.3, 0.4) is 0 Å². The second-order valence-corrected chi connectivity index (χ2v) is 5.72. The summed E-state index contributed by atoms with van der Waals surface area (Å²) in [5.74, 6) is -0.457. The Bertz CT molecular complexity index is 728. The lowest BCUT2D eigenvalue weighted by molar-refractivity contribution is -0.131. The lowest BCUT2D eigenvalue weighted by Crippen LogP contribution is -2.51. The molecule has 2 heterocycles. The maximum Gasteiger partial charge on any atom is 0.255 e. The van der Waals surface area contributed by atoms with Crippen LogP contribution in [0, 0.1) is 5.82 Å². The van der Waals surface area contributed by atoms with Gasteiger partial charge < -0.3 is 9.80 Å². The predicted octanol–water partition coefficient (Wildman–Crippen LogP) is 1.75. The fourth-order valence-corrected chi connectivity index (χ4v) is 2.76. The smallest absolute Gasteiger partial charge is 0.255 e. The molecule has 2 amide bonds. The molecule has 1 saturated heterocycles. The zero-order valence-corrected chi connectivity index (χ0v) is 13.2.